The largest absolute Gasteiger partial charge is 0.322 e. The summed E-state index contributed by atoms with van der Waals surface area (Å²) < 4.78 is 1.56. The molecule has 31 heavy (non-hydrogen) atoms. The fraction of sp³-hybridized carbons (Fsp3) is 0.0385. The first kappa shape index (κ1) is 18.8. The summed E-state index contributed by atoms with van der Waals surface area (Å²) in [5.41, 5.74) is 2.36. The fourth-order valence-corrected chi connectivity index (χ4v) is 3.80. The summed E-state index contributed by atoms with van der Waals surface area (Å²) in [7, 11) is 0. The van der Waals surface area contributed by atoms with Crippen molar-refractivity contribution >= 4 is 33.3 Å². The number of para-hydroxylation sites is 1. The van der Waals surface area contributed by atoms with Crippen LogP contribution in [0.15, 0.2) is 95.8 Å². The number of anilines is 1. The maximum Gasteiger partial charge on any atom is 0.265 e. The second kappa shape index (κ2) is 7.54. The lowest BCUT2D eigenvalue weighted by Crippen LogP contribution is -2.22. The molecule has 0 aliphatic rings. The lowest BCUT2D eigenvalue weighted by molar-refractivity contribution is 0.102. The molecule has 5 rings (SSSR count). The van der Waals surface area contributed by atoms with Crippen molar-refractivity contribution in [3.63, 3.8) is 0 Å². The van der Waals surface area contributed by atoms with Crippen LogP contribution in [0.1, 0.15) is 16.2 Å². The second-order valence-corrected chi connectivity index (χ2v) is 7.38. The number of nitrogens with one attached hydrogen (secondary N) is 1. The molecule has 5 aromatic rings. The molecule has 1 heterocycles. The number of hydrogen-bond acceptors (Lipinski definition) is 3. The molecular formula is C26H19N3O2. The molecule has 4 aromatic carbocycles. The number of aromatic nitrogens is 2. The van der Waals surface area contributed by atoms with Crippen molar-refractivity contribution in [3.8, 4) is 5.69 Å². The molecule has 1 aromatic heterocycles. The third-order valence-corrected chi connectivity index (χ3v) is 5.32. The zero-order valence-corrected chi connectivity index (χ0v) is 16.9. The van der Waals surface area contributed by atoms with Crippen LogP contribution < -0.4 is 10.9 Å². The zero-order valence-electron chi connectivity index (χ0n) is 16.9. The van der Waals surface area contributed by atoms with Crippen LogP contribution in [0.3, 0.4) is 0 Å². The average molecular weight is 405 g/mol. The van der Waals surface area contributed by atoms with Gasteiger partial charge in [0.15, 0.2) is 0 Å². The number of nitrogens with zero attached hydrogens (tertiary/aromatic N) is 2. The van der Waals surface area contributed by atoms with Crippen molar-refractivity contribution in [2.75, 3.05) is 5.32 Å². The quantitative estimate of drug-likeness (QED) is 0.454. The van der Waals surface area contributed by atoms with E-state index in [1.165, 1.54) is 0 Å². The topological polar surface area (TPSA) is 64.0 Å². The number of aryl methyl sites for hydroxylation is 1. The van der Waals surface area contributed by atoms with E-state index in [0.717, 1.165) is 10.8 Å². The number of hydrogen-bond donors (Lipinski definition) is 1. The van der Waals surface area contributed by atoms with Crippen LogP contribution in [0.5, 0.6) is 0 Å². The SMILES string of the molecule is Cc1nc2ccccc2c(=O)n1-c1cccc(NC(=O)c2ccc3ccccc3c2)c1. The van der Waals surface area contributed by atoms with Gasteiger partial charge in [0, 0.05) is 11.3 Å². The van der Waals surface area contributed by atoms with Crippen LogP contribution >= 0.6 is 0 Å². The van der Waals surface area contributed by atoms with E-state index < -0.39 is 0 Å². The predicted octanol–water partition coefficient (Wildman–Crippen LogP) is 5.10. The van der Waals surface area contributed by atoms with Crippen molar-refractivity contribution in [2.45, 2.75) is 6.92 Å². The molecule has 0 atom stereocenters. The molecule has 0 saturated carbocycles. The number of benzene rings is 4. The van der Waals surface area contributed by atoms with E-state index in [-0.39, 0.29) is 11.5 Å². The van der Waals surface area contributed by atoms with Crippen molar-refractivity contribution in [1.29, 1.82) is 0 Å². The summed E-state index contributed by atoms with van der Waals surface area (Å²) in [6, 6.07) is 28.0. The highest BCUT2D eigenvalue weighted by Gasteiger charge is 2.12. The molecule has 1 amide bonds. The van der Waals surface area contributed by atoms with Crippen LogP contribution in [0.2, 0.25) is 0 Å². The Labute approximate surface area is 178 Å². The second-order valence-electron chi connectivity index (χ2n) is 7.38. The highest BCUT2D eigenvalue weighted by atomic mass is 16.1. The Morgan fingerprint density at radius 2 is 1.61 bits per heavy atom. The third kappa shape index (κ3) is 3.46. The Balaban J connectivity index is 1.50. The van der Waals surface area contributed by atoms with E-state index in [1.54, 1.807) is 29.7 Å². The Morgan fingerprint density at radius 1 is 0.839 bits per heavy atom. The summed E-state index contributed by atoms with van der Waals surface area (Å²) >= 11 is 0. The van der Waals surface area contributed by atoms with Crippen LogP contribution in [0.4, 0.5) is 5.69 Å². The van der Waals surface area contributed by atoms with Gasteiger partial charge in [0.25, 0.3) is 11.5 Å². The number of rotatable bonds is 3. The first-order valence-electron chi connectivity index (χ1n) is 9.99. The molecule has 0 saturated heterocycles. The number of fused-ring (bicyclic) bond motifs is 2. The van der Waals surface area contributed by atoms with Gasteiger partial charge in [-0.2, -0.15) is 0 Å². The standard InChI is InChI=1S/C26H19N3O2/c1-17-27-24-12-5-4-11-23(24)26(31)29(17)22-10-6-9-21(16-22)28-25(30)20-14-13-18-7-2-3-8-19(18)15-20/h2-16H,1H3,(H,28,30). The molecule has 0 spiro atoms. The molecule has 0 unspecified atom stereocenters. The Hall–Kier alpha value is -4.25. The van der Waals surface area contributed by atoms with Gasteiger partial charge in [-0.15, -0.1) is 0 Å². The minimum absolute atomic E-state index is 0.138. The summed E-state index contributed by atoms with van der Waals surface area (Å²) in [5.74, 6) is 0.380. The molecule has 0 aliphatic heterocycles. The lowest BCUT2D eigenvalue weighted by Gasteiger charge is -2.13. The Kier molecular flexibility index (Phi) is 4.56. The van der Waals surface area contributed by atoms with Crippen LogP contribution in [-0.4, -0.2) is 15.5 Å². The maximum atomic E-state index is 13.1. The molecule has 0 bridgehead atoms. The molecule has 1 N–H and O–H groups in total. The third-order valence-electron chi connectivity index (χ3n) is 5.32. The lowest BCUT2D eigenvalue weighted by atomic mass is 10.1. The number of carbonyl (C=O) groups is 1. The van der Waals surface area contributed by atoms with Crippen LogP contribution in [0.25, 0.3) is 27.4 Å². The zero-order chi connectivity index (χ0) is 21.4. The normalized spacial score (nSPS) is 11.0. The van der Waals surface area contributed by atoms with Gasteiger partial charge < -0.3 is 5.32 Å². The number of amides is 1. The van der Waals surface area contributed by atoms with Crippen LogP contribution in [0, 0.1) is 6.92 Å². The fourth-order valence-electron chi connectivity index (χ4n) is 3.80. The van der Waals surface area contributed by atoms with Crippen molar-refractivity contribution in [2.24, 2.45) is 0 Å². The maximum absolute atomic E-state index is 13.1. The highest BCUT2D eigenvalue weighted by molar-refractivity contribution is 6.06. The van der Waals surface area contributed by atoms with E-state index in [1.807, 2.05) is 72.8 Å². The van der Waals surface area contributed by atoms with Gasteiger partial charge in [0.2, 0.25) is 0 Å². The minimum atomic E-state index is -0.205. The van der Waals surface area contributed by atoms with Gasteiger partial charge in [0.05, 0.1) is 16.6 Å². The first-order valence-corrected chi connectivity index (χ1v) is 9.99. The molecule has 5 heteroatoms. The van der Waals surface area contributed by atoms with Gasteiger partial charge in [-0.05, 0) is 60.2 Å². The molecular weight excluding hydrogens is 386 g/mol. The van der Waals surface area contributed by atoms with E-state index >= 15 is 0 Å². The molecule has 0 fully saturated rings. The first-order chi connectivity index (χ1) is 15.1. The van der Waals surface area contributed by atoms with E-state index in [0.29, 0.717) is 33.7 Å². The molecule has 150 valence electrons. The van der Waals surface area contributed by atoms with Gasteiger partial charge in [-0.1, -0.05) is 48.5 Å². The van der Waals surface area contributed by atoms with Gasteiger partial charge in [-0.3, -0.25) is 14.2 Å². The Bertz CT molecular complexity index is 1520. The summed E-state index contributed by atoms with van der Waals surface area (Å²) in [6.07, 6.45) is 0. The summed E-state index contributed by atoms with van der Waals surface area (Å²) in [6.45, 7) is 1.80. The molecule has 5 nitrogen and oxygen atoms in total. The van der Waals surface area contributed by atoms with Crippen molar-refractivity contribution in [3.05, 3.63) is 113 Å². The molecule has 0 radical (unpaired) electrons. The number of carbonyl (C=O) groups excluding carboxylic acids is 1. The van der Waals surface area contributed by atoms with Gasteiger partial charge in [0.1, 0.15) is 5.82 Å². The van der Waals surface area contributed by atoms with Gasteiger partial charge in [-0.25, -0.2) is 4.98 Å². The average Bonchev–Trinajstić information content (AvgIpc) is 2.79. The predicted molar refractivity (Wildman–Crippen MR) is 124 cm³/mol. The Morgan fingerprint density at radius 3 is 2.48 bits per heavy atom. The monoisotopic (exact) mass is 405 g/mol. The smallest absolute Gasteiger partial charge is 0.265 e. The minimum Gasteiger partial charge on any atom is -0.322 e. The van der Waals surface area contributed by atoms with E-state index in [4.69, 9.17) is 0 Å². The highest BCUT2D eigenvalue weighted by Crippen LogP contribution is 2.19. The van der Waals surface area contributed by atoms with Crippen molar-refractivity contribution < 1.29 is 4.79 Å². The van der Waals surface area contributed by atoms with E-state index in [9.17, 15) is 9.59 Å². The van der Waals surface area contributed by atoms with Crippen LogP contribution in [-0.2, 0) is 0 Å². The summed E-state index contributed by atoms with van der Waals surface area (Å²) in [5, 5.41) is 5.58. The van der Waals surface area contributed by atoms with Crippen molar-refractivity contribution in [1.82, 2.24) is 9.55 Å². The summed E-state index contributed by atoms with van der Waals surface area (Å²) in [4.78, 5) is 30.4. The van der Waals surface area contributed by atoms with Gasteiger partial charge >= 0.3 is 0 Å². The van der Waals surface area contributed by atoms with E-state index in [2.05, 4.69) is 10.3 Å². The molecule has 0 aliphatic carbocycles.